The summed E-state index contributed by atoms with van der Waals surface area (Å²) in [6.45, 7) is 2.95. The van der Waals surface area contributed by atoms with Crippen LogP contribution in [0.3, 0.4) is 0 Å². The molecule has 6 heteroatoms. The highest BCUT2D eigenvalue weighted by Gasteiger charge is 2.27. The van der Waals surface area contributed by atoms with E-state index in [-0.39, 0.29) is 17.6 Å². The van der Waals surface area contributed by atoms with Crippen molar-refractivity contribution in [3.05, 3.63) is 53.6 Å². The molecule has 0 atom stereocenters. The Morgan fingerprint density at radius 1 is 1.33 bits per heavy atom. The van der Waals surface area contributed by atoms with Gasteiger partial charge >= 0.3 is 0 Å². The summed E-state index contributed by atoms with van der Waals surface area (Å²) < 4.78 is 19.4. The number of halogens is 1. The molecule has 0 saturated carbocycles. The summed E-state index contributed by atoms with van der Waals surface area (Å²) in [5.41, 5.74) is 0.972. The van der Waals surface area contributed by atoms with Crippen LogP contribution in [0.2, 0.25) is 0 Å². The number of likely N-dealkylation sites (tertiary alicyclic amines) is 1. The van der Waals surface area contributed by atoms with Gasteiger partial charge in [-0.25, -0.2) is 4.39 Å². The lowest BCUT2D eigenvalue weighted by Gasteiger charge is -2.32. The fourth-order valence-corrected chi connectivity index (χ4v) is 2.81. The highest BCUT2D eigenvalue weighted by molar-refractivity contribution is 5.96. The largest absolute Gasteiger partial charge is 0.504 e. The lowest BCUT2D eigenvalue weighted by atomic mass is 10.1. The van der Waals surface area contributed by atoms with Gasteiger partial charge < -0.3 is 14.7 Å². The second-order valence-corrected chi connectivity index (χ2v) is 5.89. The van der Waals surface area contributed by atoms with Gasteiger partial charge in [-0.3, -0.25) is 9.78 Å². The third kappa shape index (κ3) is 3.32. The zero-order valence-corrected chi connectivity index (χ0v) is 13.4. The molecule has 0 radical (unpaired) electrons. The number of aryl methyl sites for hydroxylation is 1. The Hall–Kier alpha value is -2.63. The monoisotopic (exact) mass is 330 g/mol. The number of carbonyl (C=O) groups excluding carboxylic acids is 1. The van der Waals surface area contributed by atoms with Gasteiger partial charge in [0.2, 0.25) is 0 Å². The van der Waals surface area contributed by atoms with Crippen molar-refractivity contribution < 1.29 is 19.0 Å². The number of ether oxygens (including phenoxy) is 1. The topological polar surface area (TPSA) is 62.7 Å². The van der Waals surface area contributed by atoms with Crippen LogP contribution in [0.25, 0.3) is 0 Å². The summed E-state index contributed by atoms with van der Waals surface area (Å²) >= 11 is 0. The van der Waals surface area contributed by atoms with Gasteiger partial charge in [0.1, 0.15) is 11.9 Å². The molecular weight excluding hydrogens is 311 g/mol. The Kier molecular flexibility index (Phi) is 4.64. The predicted octanol–water partition coefficient (Wildman–Crippen LogP) is 2.92. The molecule has 1 aliphatic rings. The molecule has 0 bridgehead atoms. The van der Waals surface area contributed by atoms with Crippen LogP contribution in [0.4, 0.5) is 4.39 Å². The smallest absolute Gasteiger partial charge is 0.257 e. The summed E-state index contributed by atoms with van der Waals surface area (Å²) in [6, 6.07) is 5.81. The zero-order valence-electron chi connectivity index (χ0n) is 13.4. The molecule has 1 N–H and O–H groups in total. The van der Waals surface area contributed by atoms with Crippen molar-refractivity contribution in [2.75, 3.05) is 13.1 Å². The fraction of sp³-hybridized carbons (Fsp3) is 0.333. The third-order valence-corrected chi connectivity index (χ3v) is 4.21. The molecule has 126 valence electrons. The van der Waals surface area contributed by atoms with E-state index in [1.165, 1.54) is 12.1 Å². The number of phenolic OH excluding ortho intramolecular Hbond substituents is 1. The van der Waals surface area contributed by atoms with Gasteiger partial charge in [0.15, 0.2) is 11.6 Å². The van der Waals surface area contributed by atoms with Crippen molar-refractivity contribution in [2.45, 2.75) is 25.9 Å². The van der Waals surface area contributed by atoms with Gasteiger partial charge in [-0.15, -0.1) is 0 Å². The van der Waals surface area contributed by atoms with Crippen LogP contribution < -0.4 is 4.74 Å². The molecule has 0 unspecified atom stereocenters. The van der Waals surface area contributed by atoms with Crippen LogP contribution in [0.15, 0.2) is 36.7 Å². The first-order chi connectivity index (χ1) is 11.6. The minimum atomic E-state index is -0.785. The van der Waals surface area contributed by atoms with E-state index in [1.54, 1.807) is 17.3 Å². The number of hydrogen-bond donors (Lipinski definition) is 1. The number of amides is 1. The maximum atomic E-state index is 13.4. The number of para-hydroxylation sites is 1. The van der Waals surface area contributed by atoms with Crippen molar-refractivity contribution in [1.29, 1.82) is 0 Å². The first-order valence-electron chi connectivity index (χ1n) is 7.90. The van der Waals surface area contributed by atoms with E-state index < -0.39 is 11.6 Å². The van der Waals surface area contributed by atoms with E-state index in [1.807, 2.05) is 13.0 Å². The molecule has 5 nitrogen and oxygen atoms in total. The van der Waals surface area contributed by atoms with Crippen LogP contribution in [0, 0.1) is 12.7 Å². The highest BCUT2D eigenvalue weighted by Crippen LogP contribution is 2.25. The molecule has 1 amide bonds. The molecule has 1 aliphatic heterocycles. The Balaban J connectivity index is 1.62. The fourth-order valence-electron chi connectivity index (χ4n) is 2.81. The van der Waals surface area contributed by atoms with E-state index in [2.05, 4.69) is 4.98 Å². The number of phenols is 1. The number of piperidine rings is 1. The third-order valence-electron chi connectivity index (χ3n) is 4.21. The molecule has 1 saturated heterocycles. The number of aromatic hydroxyl groups is 1. The van der Waals surface area contributed by atoms with E-state index in [4.69, 9.17) is 4.74 Å². The molecular formula is C18H19FN2O3. The number of benzene rings is 1. The lowest BCUT2D eigenvalue weighted by Crippen LogP contribution is -2.41. The summed E-state index contributed by atoms with van der Waals surface area (Å²) in [5, 5.41) is 9.72. The van der Waals surface area contributed by atoms with Crippen LogP contribution >= 0.6 is 0 Å². The molecule has 1 aromatic carbocycles. The number of carbonyl (C=O) groups is 1. The van der Waals surface area contributed by atoms with Gasteiger partial charge in [0, 0.05) is 43.9 Å². The number of nitrogens with zero attached hydrogens (tertiary/aromatic N) is 2. The van der Waals surface area contributed by atoms with Gasteiger partial charge in [-0.05, 0) is 25.1 Å². The Morgan fingerprint density at radius 3 is 2.79 bits per heavy atom. The number of rotatable bonds is 3. The second kappa shape index (κ2) is 6.86. The summed E-state index contributed by atoms with van der Waals surface area (Å²) in [4.78, 5) is 18.1. The van der Waals surface area contributed by atoms with Crippen molar-refractivity contribution >= 4 is 5.91 Å². The molecule has 0 spiro atoms. The first-order valence-corrected chi connectivity index (χ1v) is 7.90. The summed E-state index contributed by atoms with van der Waals surface area (Å²) in [6.07, 6.45) is 4.83. The standard InChI is InChI=1S/C18H19FN2O3/c1-12-11-20-8-5-16(12)24-13-6-9-21(10-7-13)18(23)14-3-2-4-15(19)17(14)22/h2-5,8,11,13,22H,6-7,9-10H2,1H3. The molecule has 2 heterocycles. The van der Waals surface area contributed by atoms with Gasteiger partial charge in [0.05, 0.1) is 5.56 Å². The Bertz CT molecular complexity index is 743. The lowest BCUT2D eigenvalue weighted by molar-refractivity contribution is 0.0591. The van der Waals surface area contributed by atoms with Crippen molar-refractivity contribution in [3.8, 4) is 11.5 Å². The minimum Gasteiger partial charge on any atom is -0.504 e. The molecule has 3 rings (SSSR count). The predicted molar refractivity (Wildman–Crippen MR) is 86.6 cm³/mol. The number of pyridine rings is 1. The number of hydrogen-bond acceptors (Lipinski definition) is 4. The van der Waals surface area contributed by atoms with E-state index >= 15 is 0 Å². The maximum absolute atomic E-state index is 13.4. The van der Waals surface area contributed by atoms with Gasteiger partial charge in [0.25, 0.3) is 5.91 Å². The Morgan fingerprint density at radius 2 is 2.08 bits per heavy atom. The maximum Gasteiger partial charge on any atom is 0.257 e. The summed E-state index contributed by atoms with van der Waals surface area (Å²) in [5.74, 6) is -0.927. The van der Waals surface area contributed by atoms with Gasteiger partial charge in [-0.1, -0.05) is 6.07 Å². The van der Waals surface area contributed by atoms with E-state index in [9.17, 15) is 14.3 Å². The van der Waals surface area contributed by atoms with E-state index in [0.717, 1.165) is 17.4 Å². The molecule has 1 fully saturated rings. The highest BCUT2D eigenvalue weighted by atomic mass is 19.1. The average Bonchev–Trinajstić information content (AvgIpc) is 2.59. The first kappa shape index (κ1) is 16.2. The van der Waals surface area contributed by atoms with Crippen molar-refractivity contribution in [2.24, 2.45) is 0 Å². The van der Waals surface area contributed by atoms with Crippen LogP contribution in [0.5, 0.6) is 11.5 Å². The van der Waals surface area contributed by atoms with Crippen molar-refractivity contribution in [1.82, 2.24) is 9.88 Å². The van der Waals surface area contributed by atoms with Crippen LogP contribution in [-0.2, 0) is 0 Å². The van der Waals surface area contributed by atoms with Crippen LogP contribution in [0.1, 0.15) is 28.8 Å². The average molecular weight is 330 g/mol. The normalized spacial score (nSPS) is 15.3. The summed E-state index contributed by atoms with van der Waals surface area (Å²) in [7, 11) is 0. The molecule has 2 aromatic rings. The van der Waals surface area contributed by atoms with Crippen molar-refractivity contribution in [3.63, 3.8) is 0 Å². The second-order valence-electron chi connectivity index (χ2n) is 5.89. The SMILES string of the molecule is Cc1cnccc1OC1CCN(C(=O)c2cccc(F)c2O)CC1. The van der Waals surface area contributed by atoms with Gasteiger partial charge in [-0.2, -0.15) is 0 Å². The van der Waals surface area contributed by atoms with E-state index in [0.29, 0.717) is 25.9 Å². The minimum absolute atomic E-state index is 0.000605. The quantitative estimate of drug-likeness (QED) is 0.940. The Labute approximate surface area is 139 Å². The molecule has 1 aromatic heterocycles. The zero-order chi connectivity index (χ0) is 17.1. The molecule has 24 heavy (non-hydrogen) atoms. The number of aromatic nitrogens is 1. The molecule has 0 aliphatic carbocycles. The van der Waals surface area contributed by atoms with Crippen LogP contribution in [-0.4, -0.2) is 40.1 Å².